The zero-order valence-electron chi connectivity index (χ0n) is 15.7. The lowest BCUT2D eigenvalue weighted by Crippen LogP contribution is -1.94. The van der Waals surface area contributed by atoms with E-state index in [1.54, 1.807) is 41.9 Å². The van der Waals surface area contributed by atoms with Gasteiger partial charge in [0.15, 0.2) is 0 Å². The van der Waals surface area contributed by atoms with Crippen LogP contribution in [0.15, 0.2) is 24.3 Å². The molecule has 0 atom stereocenters. The SMILES string of the molecule is COc1c(C)cc([N+](=O)[O-])cc1C.COc1c(C)cc([N+](=O)[O-])cc1C. The maximum Gasteiger partial charge on any atom is 0.270 e. The van der Waals surface area contributed by atoms with Crippen molar-refractivity contribution in [3.05, 3.63) is 66.7 Å². The summed E-state index contributed by atoms with van der Waals surface area (Å²) in [5, 5.41) is 20.9. The number of non-ortho nitro benzene ring substituents is 2. The highest BCUT2D eigenvalue weighted by molar-refractivity contribution is 5.49. The number of methoxy groups -OCH3 is 2. The monoisotopic (exact) mass is 362 g/mol. The molecule has 0 heterocycles. The van der Waals surface area contributed by atoms with Gasteiger partial charge in [0.1, 0.15) is 11.5 Å². The summed E-state index contributed by atoms with van der Waals surface area (Å²) in [7, 11) is 3.11. The van der Waals surface area contributed by atoms with E-state index in [1.165, 1.54) is 24.3 Å². The molecule has 0 saturated carbocycles. The Balaban J connectivity index is 0.000000260. The molecule has 26 heavy (non-hydrogen) atoms. The van der Waals surface area contributed by atoms with Gasteiger partial charge in [0, 0.05) is 24.3 Å². The molecule has 0 amide bonds. The first-order valence-electron chi connectivity index (χ1n) is 7.71. The third-order valence-corrected chi connectivity index (χ3v) is 3.72. The summed E-state index contributed by atoms with van der Waals surface area (Å²) >= 11 is 0. The quantitative estimate of drug-likeness (QED) is 0.588. The van der Waals surface area contributed by atoms with Gasteiger partial charge in [0.25, 0.3) is 11.4 Å². The minimum absolute atomic E-state index is 0.107. The topological polar surface area (TPSA) is 105 Å². The second-order valence-electron chi connectivity index (χ2n) is 5.74. The van der Waals surface area contributed by atoms with Crippen molar-refractivity contribution < 1.29 is 19.3 Å². The smallest absolute Gasteiger partial charge is 0.270 e. The normalized spacial score (nSPS) is 9.77. The second-order valence-corrected chi connectivity index (χ2v) is 5.74. The van der Waals surface area contributed by atoms with Crippen molar-refractivity contribution >= 4 is 11.4 Å². The van der Waals surface area contributed by atoms with Crippen LogP contribution in [0.1, 0.15) is 22.3 Å². The van der Waals surface area contributed by atoms with Crippen molar-refractivity contribution in [2.45, 2.75) is 27.7 Å². The van der Waals surface area contributed by atoms with E-state index in [1.807, 2.05) is 0 Å². The maximum absolute atomic E-state index is 10.5. The largest absolute Gasteiger partial charge is 0.496 e. The van der Waals surface area contributed by atoms with Gasteiger partial charge in [-0.2, -0.15) is 0 Å². The number of hydrogen-bond donors (Lipinski definition) is 0. The molecule has 0 saturated heterocycles. The first kappa shape index (κ1) is 20.9. The molecule has 0 unspecified atom stereocenters. The molecule has 2 aromatic rings. The molecule has 0 aromatic heterocycles. The van der Waals surface area contributed by atoms with E-state index in [0.717, 1.165) is 22.3 Å². The van der Waals surface area contributed by atoms with Gasteiger partial charge in [-0.1, -0.05) is 0 Å². The molecule has 140 valence electrons. The Morgan fingerprint density at radius 3 is 1.04 bits per heavy atom. The van der Waals surface area contributed by atoms with Gasteiger partial charge in [-0.3, -0.25) is 20.2 Å². The Labute approximate surface area is 151 Å². The summed E-state index contributed by atoms with van der Waals surface area (Å²) < 4.78 is 10.2. The van der Waals surface area contributed by atoms with Crippen LogP contribution in [0.5, 0.6) is 11.5 Å². The van der Waals surface area contributed by atoms with Crippen LogP contribution >= 0.6 is 0 Å². The predicted molar refractivity (Wildman–Crippen MR) is 98.2 cm³/mol. The number of nitrogens with zero attached hydrogens (tertiary/aromatic N) is 2. The highest BCUT2D eigenvalue weighted by Gasteiger charge is 2.12. The molecular weight excluding hydrogens is 340 g/mol. The standard InChI is InChI=1S/2C9H11NO3/c2*1-6-4-8(10(11)12)5-7(2)9(6)13-3/h2*4-5H,1-3H3. The molecule has 0 aliphatic heterocycles. The fourth-order valence-electron chi connectivity index (χ4n) is 2.71. The van der Waals surface area contributed by atoms with E-state index < -0.39 is 9.85 Å². The minimum Gasteiger partial charge on any atom is -0.496 e. The van der Waals surface area contributed by atoms with Gasteiger partial charge in [0.05, 0.1) is 24.1 Å². The van der Waals surface area contributed by atoms with Crippen molar-refractivity contribution in [2.24, 2.45) is 0 Å². The molecule has 0 radical (unpaired) electrons. The van der Waals surface area contributed by atoms with Crippen molar-refractivity contribution in [2.75, 3.05) is 14.2 Å². The Morgan fingerprint density at radius 2 is 0.885 bits per heavy atom. The van der Waals surface area contributed by atoms with Crippen LogP contribution in [0.4, 0.5) is 11.4 Å². The summed E-state index contributed by atoms with van der Waals surface area (Å²) in [4.78, 5) is 20.1. The van der Waals surface area contributed by atoms with Crippen LogP contribution in [-0.4, -0.2) is 24.1 Å². The van der Waals surface area contributed by atoms with Crippen LogP contribution in [0.3, 0.4) is 0 Å². The molecule has 0 bridgehead atoms. The van der Waals surface area contributed by atoms with Crippen LogP contribution in [0, 0.1) is 47.9 Å². The zero-order chi connectivity index (χ0) is 20.0. The van der Waals surface area contributed by atoms with Crippen molar-refractivity contribution in [3.63, 3.8) is 0 Å². The molecule has 0 spiro atoms. The fraction of sp³-hybridized carbons (Fsp3) is 0.333. The van der Waals surface area contributed by atoms with Crippen molar-refractivity contribution in [1.82, 2.24) is 0 Å². The Kier molecular flexibility index (Phi) is 7.06. The van der Waals surface area contributed by atoms with Crippen molar-refractivity contribution in [3.8, 4) is 11.5 Å². The first-order valence-corrected chi connectivity index (χ1v) is 7.71. The van der Waals surface area contributed by atoms with E-state index in [2.05, 4.69) is 0 Å². The first-order chi connectivity index (χ1) is 12.1. The molecule has 0 fully saturated rings. The lowest BCUT2D eigenvalue weighted by molar-refractivity contribution is -0.385. The fourth-order valence-corrected chi connectivity index (χ4v) is 2.71. The highest BCUT2D eigenvalue weighted by atomic mass is 16.6. The Hall–Kier alpha value is -3.16. The zero-order valence-corrected chi connectivity index (χ0v) is 15.7. The predicted octanol–water partition coefficient (Wildman–Crippen LogP) is 4.44. The number of nitro benzene ring substituents is 2. The summed E-state index contributed by atoms with van der Waals surface area (Å²) in [5.41, 5.74) is 3.36. The van der Waals surface area contributed by atoms with Crippen molar-refractivity contribution in [1.29, 1.82) is 0 Å². The van der Waals surface area contributed by atoms with Crippen LogP contribution in [-0.2, 0) is 0 Å². The second kappa shape index (κ2) is 8.80. The van der Waals surface area contributed by atoms with Crippen LogP contribution in [0.2, 0.25) is 0 Å². The molecule has 0 aliphatic carbocycles. The Bertz CT molecular complexity index is 717. The van der Waals surface area contributed by atoms with Gasteiger partial charge in [0.2, 0.25) is 0 Å². The lowest BCUT2D eigenvalue weighted by atomic mass is 10.1. The van der Waals surface area contributed by atoms with E-state index in [0.29, 0.717) is 11.5 Å². The Morgan fingerprint density at radius 1 is 0.654 bits per heavy atom. The molecule has 8 nitrogen and oxygen atoms in total. The van der Waals surface area contributed by atoms with Crippen LogP contribution in [0.25, 0.3) is 0 Å². The van der Waals surface area contributed by atoms with E-state index in [4.69, 9.17) is 9.47 Å². The third-order valence-electron chi connectivity index (χ3n) is 3.72. The summed E-state index contributed by atoms with van der Waals surface area (Å²) in [6, 6.07) is 6.02. The number of rotatable bonds is 4. The van der Waals surface area contributed by atoms with Gasteiger partial charge < -0.3 is 9.47 Å². The summed E-state index contributed by atoms with van der Waals surface area (Å²) in [6.45, 7) is 7.16. The third kappa shape index (κ3) is 4.92. The van der Waals surface area contributed by atoms with E-state index >= 15 is 0 Å². The number of aryl methyl sites for hydroxylation is 4. The lowest BCUT2D eigenvalue weighted by Gasteiger charge is -2.07. The molecule has 2 aromatic carbocycles. The number of benzene rings is 2. The summed E-state index contributed by atoms with van der Waals surface area (Å²) in [6.07, 6.45) is 0. The van der Waals surface area contributed by atoms with Gasteiger partial charge in [-0.05, 0) is 49.9 Å². The molecule has 8 heteroatoms. The average Bonchev–Trinajstić information content (AvgIpc) is 2.54. The highest BCUT2D eigenvalue weighted by Crippen LogP contribution is 2.28. The minimum atomic E-state index is -0.403. The number of nitro groups is 2. The van der Waals surface area contributed by atoms with Gasteiger partial charge >= 0.3 is 0 Å². The average molecular weight is 362 g/mol. The maximum atomic E-state index is 10.5. The summed E-state index contributed by atoms with van der Waals surface area (Å²) in [5.74, 6) is 1.43. The molecular formula is C18H22N2O6. The number of hydrogen-bond acceptors (Lipinski definition) is 6. The van der Waals surface area contributed by atoms with E-state index in [-0.39, 0.29) is 11.4 Å². The molecule has 0 aliphatic rings. The van der Waals surface area contributed by atoms with Gasteiger partial charge in [-0.15, -0.1) is 0 Å². The van der Waals surface area contributed by atoms with Gasteiger partial charge in [-0.25, -0.2) is 0 Å². The molecule has 0 N–H and O–H groups in total. The molecule has 2 rings (SSSR count). The van der Waals surface area contributed by atoms with E-state index in [9.17, 15) is 20.2 Å². The van der Waals surface area contributed by atoms with Crippen LogP contribution < -0.4 is 9.47 Å². The number of ether oxygens (including phenoxy) is 2.